The zero-order valence-electron chi connectivity index (χ0n) is 16.8. The van der Waals surface area contributed by atoms with Crippen LogP contribution >= 0.6 is 0 Å². The summed E-state index contributed by atoms with van der Waals surface area (Å²) in [6.07, 6.45) is 1.84. The number of aromatic nitrogens is 2. The summed E-state index contributed by atoms with van der Waals surface area (Å²) in [7, 11) is 0. The van der Waals surface area contributed by atoms with E-state index in [0.29, 0.717) is 13.2 Å². The van der Waals surface area contributed by atoms with Gasteiger partial charge in [0, 0.05) is 43.9 Å². The number of nitrogens with one attached hydrogen (secondary N) is 2. The van der Waals surface area contributed by atoms with Crippen LogP contribution in [-0.4, -0.2) is 54.6 Å². The van der Waals surface area contributed by atoms with Crippen molar-refractivity contribution in [3.8, 4) is 17.2 Å². The minimum atomic E-state index is 0.681. The molecule has 2 aromatic heterocycles. The number of furan rings is 1. The number of aryl methyl sites for hydroxylation is 1. The van der Waals surface area contributed by atoms with Crippen LogP contribution in [0.15, 0.2) is 47.0 Å². The summed E-state index contributed by atoms with van der Waals surface area (Å²) in [5.41, 5.74) is 3.14. The summed E-state index contributed by atoms with van der Waals surface area (Å²) in [4.78, 5) is 2.38. The van der Waals surface area contributed by atoms with Crippen molar-refractivity contribution in [1.29, 1.82) is 0 Å². The Morgan fingerprint density at radius 3 is 2.76 bits per heavy atom. The minimum Gasteiger partial charge on any atom is -0.492 e. The second kappa shape index (κ2) is 9.73. The molecule has 1 aliphatic heterocycles. The Kier molecular flexibility index (Phi) is 6.61. The first-order valence-electron chi connectivity index (χ1n) is 10.1. The molecule has 0 radical (unpaired) electrons. The Morgan fingerprint density at radius 1 is 1.10 bits per heavy atom. The van der Waals surface area contributed by atoms with Crippen molar-refractivity contribution in [1.82, 2.24) is 20.4 Å². The molecule has 0 saturated carbocycles. The largest absolute Gasteiger partial charge is 0.492 e. The van der Waals surface area contributed by atoms with Gasteiger partial charge in [0.1, 0.15) is 23.8 Å². The summed E-state index contributed by atoms with van der Waals surface area (Å²) in [5.74, 6) is 2.63. The van der Waals surface area contributed by atoms with Crippen LogP contribution in [0.3, 0.4) is 0 Å². The normalized spacial score (nSPS) is 14.9. The topological polar surface area (TPSA) is 75.5 Å². The van der Waals surface area contributed by atoms with E-state index < -0.39 is 0 Å². The maximum atomic E-state index is 6.07. The van der Waals surface area contributed by atoms with Gasteiger partial charge in [-0.15, -0.1) is 0 Å². The molecular weight excluding hydrogens is 368 g/mol. The molecule has 29 heavy (non-hydrogen) atoms. The lowest BCUT2D eigenvalue weighted by molar-refractivity contribution is 0.0322. The maximum Gasteiger partial charge on any atom is 0.152 e. The van der Waals surface area contributed by atoms with Gasteiger partial charge in [0.25, 0.3) is 0 Å². The number of aromatic amines is 1. The summed E-state index contributed by atoms with van der Waals surface area (Å²) in [6, 6.07) is 12.1. The molecule has 1 aromatic carbocycles. The predicted octanol–water partition coefficient (Wildman–Crippen LogP) is 2.98. The molecule has 1 saturated heterocycles. The zero-order chi connectivity index (χ0) is 19.9. The van der Waals surface area contributed by atoms with Crippen LogP contribution in [0.5, 0.6) is 5.75 Å². The summed E-state index contributed by atoms with van der Waals surface area (Å²) >= 11 is 0. The third kappa shape index (κ3) is 5.26. The predicted molar refractivity (Wildman–Crippen MR) is 111 cm³/mol. The van der Waals surface area contributed by atoms with E-state index in [4.69, 9.17) is 13.9 Å². The third-order valence-electron chi connectivity index (χ3n) is 5.08. The fraction of sp³-hybridized carbons (Fsp3) is 0.409. The molecule has 0 aliphatic carbocycles. The Balaban J connectivity index is 1.30. The number of ether oxygens (including phenoxy) is 2. The summed E-state index contributed by atoms with van der Waals surface area (Å²) < 4.78 is 17.2. The number of benzene rings is 1. The van der Waals surface area contributed by atoms with E-state index in [2.05, 4.69) is 26.5 Å². The van der Waals surface area contributed by atoms with Crippen molar-refractivity contribution < 1.29 is 13.9 Å². The molecule has 2 N–H and O–H groups in total. The fourth-order valence-corrected chi connectivity index (χ4v) is 3.46. The van der Waals surface area contributed by atoms with Crippen LogP contribution in [-0.2, 0) is 17.8 Å². The number of H-pyrrole nitrogens is 1. The smallest absolute Gasteiger partial charge is 0.152 e. The van der Waals surface area contributed by atoms with Gasteiger partial charge in [-0.1, -0.05) is 18.2 Å². The molecule has 154 valence electrons. The Morgan fingerprint density at radius 2 is 1.93 bits per heavy atom. The molecule has 0 spiro atoms. The molecule has 0 amide bonds. The molecular formula is C22H28N4O3. The van der Waals surface area contributed by atoms with Crippen LogP contribution in [0.4, 0.5) is 0 Å². The second-order valence-corrected chi connectivity index (χ2v) is 7.19. The fourth-order valence-electron chi connectivity index (χ4n) is 3.46. The number of rotatable bonds is 9. The van der Waals surface area contributed by atoms with E-state index in [-0.39, 0.29) is 0 Å². The molecule has 0 atom stereocenters. The number of hydrogen-bond acceptors (Lipinski definition) is 6. The van der Waals surface area contributed by atoms with Gasteiger partial charge in [-0.05, 0) is 25.1 Å². The first-order chi connectivity index (χ1) is 14.3. The molecule has 0 unspecified atom stereocenters. The van der Waals surface area contributed by atoms with Crippen molar-refractivity contribution in [2.24, 2.45) is 0 Å². The van der Waals surface area contributed by atoms with Crippen molar-refractivity contribution in [2.45, 2.75) is 20.0 Å². The van der Waals surface area contributed by atoms with E-state index in [1.54, 1.807) is 0 Å². The monoisotopic (exact) mass is 396 g/mol. The standard InChI is InChI=1S/C22H28N4O3/c1-17-6-7-21(29-17)22-19(16-24-25-22)15-23-14-18-4-2-3-5-20(18)28-13-10-26-8-11-27-12-9-26/h2-7,16,23H,8-15H2,1H3,(H,24,25). The molecule has 0 bridgehead atoms. The number of hydrogen-bond donors (Lipinski definition) is 2. The van der Waals surface area contributed by atoms with Crippen molar-refractivity contribution in [2.75, 3.05) is 39.5 Å². The Hall–Kier alpha value is -2.61. The molecule has 3 heterocycles. The molecule has 1 aliphatic rings. The van der Waals surface area contributed by atoms with Crippen molar-refractivity contribution in [3.05, 3.63) is 59.5 Å². The van der Waals surface area contributed by atoms with Crippen LogP contribution in [0.2, 0.25) is 0 Å². The Bertz CT molecular complexity index is 899. The Labute approximate surface area is 171 Å². The molecule has 7 nitrogen and oxygen atoms in total. The summed E-state index contributed by atoms with van der Waals surface area (Å²) in [6.45, 7) is 8.54. The van der Waals surface area contributed by atoms with Crippen molar-refractivity contribution >= 4 is 0 Å². The number of para-hydroxylation sites is 1. The second-order valence-electron chi connectivity index (χ2n) is 7.19. The highest BCUT2D eigenvalue weighted by molar-refractivity contribution is 5.56. The van der Waals surface area contributed by atoms with Crippen LogP contribution in [0.25, 0.3) is 11.5 Å². The van der Waals surface area contributed by atoms with E-state index in [9.17, 15) is 0 Å². The average molecular weight is 396 g/mol. The van der Waals surface area contributed by atoms with Crippen LogP contribution in [0.1, 0.15) is 16.9 Å². The lowest BCUT2D eigenvalue weighted by atomic mass is 10.1. The van der Waals surface area contributed by atoms with Crippen LogP contribution < -0.4 is 10.1 Å². The van der Waals surface area contributed by atoms with Gasteiger partial charge in [0.15, 0.2) is 5.76 Å². The molecule has 4 rings (SSSR count). The average Bonchev–Trinajstić information content (AvgIpc) is 3.38. The molecule has 3 aromatic rings. The lowest BCUT2D eigenvalue weighted by Crippen LogP contribution is -2.38. The molecule has 7 heteroatoms. The van der Waals surface area contributed by atoms with Gasteiger partial charge in [-0.25, -0.2) is 0 Å². The van der Waals surface area contributed by atoms with Gasteiger partial charge in [0.05, 0.1) is 19.4 Å². The third-order valence-corrected chi connectivity index (χ3v) is 5.08. The van der Waals surface area contributed by atoms with E-state index in [1.165, 1.54) is 0 Å². The first kappa shape index (κ1) is 19.7. The summed E-state index contributed by atoms with van der Waals surface area (Å²) in [5, 5.41) is 10.7. The first-order valence-corrected chi connectivity index (χ1v) is 10.1. The van der Waals surface area contributed by atoms with Gasteiger partial charge in [0.2, 0.25) is 0 Å². The quantitative estimate of drug-likeness (QED) is 0.579. The van der Waals surface area contributed by atoms with E-state index >= 15 is 0 Å². The minimum absolute atomic E-state index is 0.681. The van der Waals surface area contributed by atoms with E-state index in [0.717, 1.165) is 73.5 Å². The highest BCUT2D eigenvalue weighted by Crippen LogP contribution is 2.23. The van der Waals surface area contributed by atoms with Gasteiger partial charge < -0.3 is 19.2 Å². The van der Waals surface area contributed by atoms with Gasteiger partial charge in [-0.3, -0.25) is 10.00 Å². The van der Waals surface area contributed by atoms with Crippen LogP contribution in [0, 0.1) is 6.92 Å². The zero-order valence-corrected chi connectivity index (χ0v) is 16.8. The highest BCUT2D eigenvalue weighted by atomic mass is 16.5. The highest BCUT2D eigenvalue weighted by Gasteiger charge is 2.12. The van der Waals surface area contributed by atoms with Crippen molar-refractivity contribution in [3.63, 3.8) is 0 Å². The SMILES string of the molecule is Cc1ccc(-c2[nH]ncc2CNCc2ccccc2OCCN2CCOCC2)o1. The van der Waals surface area contributed by atoms with Gasteiger partial charge in [-0.2, -0.15) is 5.10 Å². The number of nitrogens with zero attached hydrogens (tertiary/aromatic N) is 2. The maximum absolute atomic E-state index is 6.07. The lowest BCUT2D eigenvalue weighted by Gasteiger charge is -2.26. The van der Waals surface area contributed by atoms with E-state index in [1.807, 2.05) is 43.5 Å². The number of morpholine rings is 1. The molecule has 1 fully saturated rings. The van der Waals surface area contributed by atoms with Gasteiger partial charge >= 0.3 is 0 Å².